The highest BCUT2D eigenvalue weighted by Gasteiger charge is 2.34. The number of rotatable bonds is 5. The Bertz CT molecular complexity index is 534. The first-order valence-corrected chi connectivity index (χ1v) is 8.58. The Morgan fingerprint density at radius 1 is 1.36 bits per heavy atom. The van der Waals surface area contributed by atoms with Gasteiger partial charge in [0.25, 0.3) is 0 Å². The van der Waals surface area contributed by atoms with Gasteiger partial charge < -0.3 is 15.2 Å². The Labute approximate surface area is 142 Å². The summed E-state index contributed by atoms with van der Waals surface area (Å²) >= 11 is 3.76. The molecule has 2 unspecified atom stereocenters. The lowest BCUT2D eigenvalue weighted by atomic mass is 9.89. The molecule has 0 saturated carbocycles. The maximum absolute atomic E-state index is 5.89. The maximum atomic E-state index is 5.89. The molecule has 5 heteroatoms. The van der Waals surface area contributed by atoms with Crippen LogP contribution in [0.4, 0.5) is 0 Å². The first-order chi connectivity index (χ1) is 10.4. The van der Waals surface area contributed by atoms with Gasteiger partial charge in [-0.2, -0.15) is 0 Å². The molecule has 0 aliphatic carbocycles. The van der Waals surface area contributed by atoms with Crippen molar-refractivity contribution in [1.82, 2.24) is 4.90 Å². The highest BCUT2D eigenvalue weighted by atomic mass is 79.9. The fourth-order valence-corrected chi connectivity index (χ4v) is 4.22. The van der Waals surface area contributed by atoms with Gasteiger partial charge in [-0.15, -0.1) is 0 Å². The molecule has 0 radical (unpaired) electrons. The van der Waals surface area contributed by atoms with Crippen LogP contribution in [0.2, 0.25) is 0 Å². The molecule has 124 valence electrons. The number of nitrogens with two attached hydrogens (primary N) is 1. The summed E-state index contributed by atoms with van der Waals surface area (Å²) in [6.45, 7) is 6.17. The standard InChI is InChI=1S/C17H27BrN2O2/c1-10(2)15-16(13-6-11(8-19)9-20(13)3)12(18)7-14(21-4)17(15)22-5/h7,10-11,13H,6,8-9,19H2,1-5H3. The van der Waals surface area contributed by atoms with E-state index in [4.69, 9.17) is 15.2 Å². The Balaban J connectivity index is 2.60. The summed E-state index contributed by atoms with van der Waals surface area (Å²) < 4.78 is 12.3. The Hall–Kier alpha value is -0.780. The minimum atomic E-state index is 0.349. The summed E-state index contributed by atoms with van der Waals surface area (Å²) in [7, 11) is 5.57. The van der Waals surface area contributed by atoms with Crippen LogP contribution in [0, 0.1) is 5.92 Å². The molecule has 1 aromatic carbocycles. The van der Waals surface area contributed by atoms with Gasteiger partial charge >= 0.3 is 0 Å². The van der Waals surface area contributed by atoms with Crippen LogP contribution in [0.15, 0.2) is 10.5 Å². The van der Waals surface area contributed by atoms with E-state index >= 15 is 0 Å². The predicted molar refractivity (Wildman–Crippen MR) is 93.9 cm³/mol. The first kappa shape index (κ1) is 17.6. The average molecular weight is 371 g/mol. The quantitative estimate of drug-likeness (QED) is 0.860. The molecule has 1 aromatic rings. The van der Waals surface area contributed by atoms with Crippen molar-refractivity contribution in [1.29, 1.82) is 0 Å². The maximum Gasteiger partial charge on any atom is 0.164 e. The van der Waals surface area contributed by atoms with Crippen molar-refractivity contribution >= 4 is 15.9 Å². The van der Waals surface area contributed by atoms with Crippen LogP contribution in [0.5, 0.6) is 11.5 Å². The fraction of sp³-hybridized carbons (Fsp3) is 0.647. The van der Waals surface area contributed by atoms with Gasteiger partial charge in [0.05, 0.1) is 14.2 Å². The summed E-state index contributed by atoms with van der Waals surface area (Å²) in [6.07, 6.45) is 1.08. The molecule has 2 atom stereocenters. The number of methoxy groups -OCH3 is 2. The van der Waals surface area contributed by atoms with Gasteiger partial charge in [0, 0.05) is 22.6 Å². The summed E-state index contributed by atoms with van der Waals surface area (Å²) in [6, 6.07) is 2.38. The lowest BCUT2D eigenvalue weighted by molar-refractivity contribution is 0.306. The summed E-state index contributed by atoms with van der Waals surface area (Å²) in [4.78, 5) is 2.40. The number of halogens is 1. The van der Waals surface area contributed by atoms with E-state index in [9.17, 15) is 0 Å². The molecule has 22 heavy (non-hydrogen) atoms. The second-order valence-corrected chi connectivity index (χ2v) is 7.22. The zero-order valence-electron chi connectivity index (χ0n) is 14.1. The van der Waals surface area contributed by atoms with Gasteiger partial charge in [0.1, 0.15) is 0 Å². The normalized spacial score (nSPS) is 22.4. The van der Waals surface area contributed by atoms with Crippen LogP contribution in [0.25, 0.3) is 0 Å². The van der Waals surface area contributed by atoms with Crippen molar-refractivity contribution in [2.45, 2.75) is 32.2 Å². The number of benzene rings is 1. The molecule has 1 aliphatic rings. The molecule has 1 aliphatic heterocycles. The zero-order chi connectivity index (χ0) is 16.4. The third-order valence-electron chi connectivity index (χ3n) is 4.58. The van der Waals surface area contributed by atoms with Gasteiger partial charge in [-0.1, -0.05) is 29.8 Å². The monoisotopic (exact) mass is 370 g/mol. The number of hydrogen-bond donors (Lipinski definition) is 1. The molecule has 0 spiro atoms. The van der Waals surface area contributed by atoms with Crippen LogP contribution in [-0.4, -0.2) is 39.3 Å². The van der Waals surface area contributed by atoms with Gasteiger partial charge in [0.15, 0.2) is 11.5 Å². The Morgan fingerprint density at radius 2 is 2.05 bits per heavy atom. The van der Waals surface area contributed by atoms with Gasteiger partial charge in [-0.05, 0) is 43.5 Å². The number of nitrogens with zero attached hydrogens (tertiary/aromatic N) is 1. The van der Waals surface area contributed by atoms with Crippen LogP contribution < -0.4 is 15.2 Å². The number of likely N-dealkylation sites (tertiary alicyclic amines) is 1. The van der Waals surface area contributed by atoms with E-state index in [2.05, 4.69) is 41.7 Å². The molecule has 1 fully saturated rings. The van der Waals surface area contributed by atoms with E-state index in [1.54, 1.807) is 14.2 Å². The number of ether oxygens (including phenoxy) is 2. The second-order valence-electron chi connectivity index (χ2n) is 6.37. The number of hydrogen-bond acceptors (Lipinski definition) is 4. The van der Waals surface area contributed by atoms with E-state index in [1.165, 1.54) is 11.1 Å². The largest absolute Gasteiger partial charge is 0.493 e. The highest BCUT2D eigenvalue weighted by molar-refractivity contribution is 9.10. The molecule has 2 N–H and O–H groups in total. The third kappa shape index (κ3) is 3.12. The molecular formula is C17H27BrN2O2. The predicted octanol–water partition coefficient (Wildman–Crippen LogP) is 3.54. The van der Waals surface area contributed by atoms with E-state index in [0.717, 1.165) is 35.5 Å². The van der Waals surface area contributed by atoms with Crippen LogP contribution in [0.1, 0.15) is 43.4 Å². The summed E-state index contributed by atoms with van der Waals surface area (Å²) in [5, 5.41) is 0. The lowest BCUT2D eigenvalue weighted by Gasteiger charge is -2.28. The lowest BCUT2D eigenvalue weighted by Crippen LogP contribution is -2.22. The van der Waals surface area contributed by atoms with Crippen molar-refractivity contribution in [2.24, 2.45) is 11.7 Å². The zero-order valence-corrected chi connectivity index (χ0v) is 15.7. The molecule has 2 rings (SSSR count). The molecule has 4 nitrogen and oxygen atoms in total. The minimum absolute atomic E-state index is 0.349. The highest BCUT2D eigenvalue weighted by Crippen LogP contribution is 2.48. The fourth-order valence-electron chi connectivity index (χ4n) is 3.53. The Morgan fingerprint density at radius 3 is 2.50 bits per heavy atom. The van der Waals surface area contributed by atoms with E-state index in [-0.39, 0.29) is 0 Å². The van der Waals surface area contributed by atoms with E-state index < -0.39 is 0 Å². The molecule has 1 heterocycles. The van der Waals surface area contributed by atoms with Crippen molar-refractivity contribution < 1.29 is 9.47 Å². The average Bonchev–Trinajstić information content (AvgIpc) is 2.86. The Kier molecular flexibility index (Phi) is 5.75. The topological polar surface area (TPSA) is 47.7 Å². The van der Waals surface area contributed by atoms with Gasteiger partial charge in [-0.3, -0.25) is 4.90 Å². The van der Waals surface area contributed by atoms with Crippen LogP contribution in [-0.2, 0) is 0 Å². The smallest absolute Gasteiger partial charge is 0.164 e. The van der Waals surface area contributed by atoms with E-state index in [0.29, 0.717) is 17.9 Å². The van der Waals surface area contributed by atoms with Crippen LogP contribution >= 0.6 is 15.9 Å². The molecule has 1 saturated heterocycles. The molecule has 0 aromatic heterocycles. The first-order valence-electron chi connectivity index (χ1n) is 7.79. The molecule has 0 bridgehead atoms. The van der Waals surface area contributed by atoms with Crippen molar-refractivity contribution in [3.8, 4) is 11.5 Å². The third-order valence-corrected chi connectivity index (χ3v) is 5.23. The van der Waals surface area contributed by atoms with Crippen LogP contribution in [0.3, 0.4) is 0 Å². The van der Waals surface area contributed by atoms with Crippen molar-refractivity contribution in [3.63, 3.8) is 0 Å². The van der Waals surface area contributed by atoms with E-state index in [1.807, 2.05) is 6.07 Å². The summed E-state index contributed by atoms with van der Waals surface area (Å²) in [5.74, 6) is 2.52. The SMILES string of the molecule is COc1cc(Br)c(C2CC(CN)CN2C)c(C(C)C)c1OC. The van der Waals surface area contributed by atoms with Crippen molar-refractivity contribution in [2.75, 3.05) is 34.4 Å². The minimum Gasteiger partial charge on any atom is -0.493 e. The second kappa shape index (κ2) is 7.20. The van der Waals surface area contributed by atoms with Crippen molar-refractivity contribution in [3.05, 3.63) is 21.7 Å². The van der Waals surface area contributed by atoms with Gasteiger partial charge in [0.2, 0.25) is 0 Å². The molecule has 0 amide bonds. The summed E-state index contributed by atoms with van der Waals surface area (Å²) in [5.41, 5.74) is 8.43. The molecular weight excluding hydrogens is 344 g/mol. The van der Waals surface area contributed by atoms with Gasteiger partial charge in [-0.25, -0.2) is 0 Å².